The van der Waals surface area contributed by atoms with Gasteiger partial charge in [-0.15, -0.1) is 0 Å². The molecule has 1 aromatic rings. The fourth-order valence-corrected chi connectivity index (χ4v) is 3.23. The third-order valence-corrected chi connectivity index (χ3v) is 4.63. The van der Waals surface area contributed by atoms with E-state index in [1.807, 2.05) is 11.0 Å². The number of amides is 3. The molecule has 7 heteroatoms. The molecule has 1 aromatic carbocycles. The van der Waals surface area contributed by atoms with Gasteiger partial charge in [-0.2, -0.15) is 0 Å². The van der Waals surface area contributed by atoms with Crippen LogP contribution in [0.25, 0.3) is 0 Å². The second kappa shape index (κ2) is 8.89. The molecule has 0 bridgehead atoms. The molecule has 1 atom stereocenters. The van der Waals surface area contributed by atoms with Crippen LogP contribution in [0.15, 0.2) is 24.3 Å². The Bertz CT molecular complexity index is 631. The molecule has 0 unspecified atom stereocenters. The number of carbonyl (C=O) groups is 2. The average Bonchev–Trinajstić information content (AvgIpc) is 3.08. The van der Waals surface area contributed by atoms with Crippen LogP contribution in [0.5, 0.6) is 5.75 Å². The minimum atomic E-state index is -0.146. The van der Waals surface area contributed by atoms with Crippen LogP contribution in [-0.4, -0.2) is 67.7 Å². The van der Waals surface area contributed by atoms with Gasteiger partial charge in [0.15, 0.2) is 6.61 Å². The molecule has 0 saturated carbocycles. The molecule has 0 aromatic heterocycles. The molecule has 0 spiro atoms. The summed E-state index contributed by atoms with van der Waals surface area (Å²) in [4.78, 5) is 28.1. The van der Waals surface area contributed by atoms with Crippen molar-refractivity contribution in [2.24, 2.45) is 5.92 Å². The molecule has 0 radical (unpaired) electrons. The van der Waals surface area contributed by atoms with Crippen LogP contribution in [-0.2, 0) is 9.53 Å². The summed E-state index contributed by atoms with van der Waals surface area (Å²) in [6, 6.07) is 7.00. The van der Waals surface area contributed by atoms with E-state index in [0.29, 0.717) is 43.7 Å². The first-order valence-corrected chi connectivity index (χ1v) is 9.26. The van der Waals surface area contributed by atoms with E-state index in [1.165, 1.54) is 0 Å². The van der Waals surface area contributed by atoms with Crippen LogP contribution >= 0.6 is 0 Å². The Morgan fingerprint density at radius 2 is 2.04 bits per heavy atom. The topological polar surface area (TPSA) is 71.1 Å². The maximum atomic E-state index is 12.5. The second-order valence-electron chi connectivity index (χ2n) is 6.96. The first kappa shape index (κ1) is 18.5. The Hall–Kier alpha value is -2.28. The van der Waals surface area contributed by atoms with E-state index in [2.05, 4.69) is 12.2 Å². The van der Waals surface area contributed by atoms with Crippen molar-refractivity contribution in [3.8, 4) is 5.75 Å². The number of nitrogens with zero attached hydrogens (tertiary/aromatic N) is 2. The van der Waals surface area contributed by atoms with Gasteiger partial charge in [0.25, 0.3) is 5.91 Å². The molecule has 142 valence electrons. The van der Waals surface area contributed by atoms with Gasteiger partial charge >= 0.3 is 6.03 Å². The van der Waals surface area contributed by atoms with Crippen molar-refractivity contribution in [3.05, 3.63) is 24.3 Å². The Labute approximate surface area is 154 Å². The Balaban J connectivity index is 1.53. The minimum Gasteiger partial charge on any atom is -0.484 e. The molecular weight excluding hydrogens is 334 g/mol. The number of anilines is 1. The lowest BCUT2D eigenvalue weighted by molar-refractivity contribution is -0.132. The number of hydrogen-bond donors (Lipinski definition) is 1. The van der Waals surface area contributed by atoms with Gasteiger partial charge in [0.2, 0.25) is 0 Å². The highest BCUT2D eigenvalue weighted by Crippen LogP contribution is 2.19. The Morgan fingerprint density at radius 1 is 1.23 bits per heavy atom. The SMILES string of the molecule is C[C@@H]1COCCN(C(=O)Nc2cccc(OCC(=O)N3CCCC3)c2)C1. The lowest BCUT2D eigenvalue weighted by atomic mass is 10.2. The standard InChI is InChI=1S/C19H27N3O4/c1-15-12-22(9-10-25-13-15)19(24)20-16-5-4-6-17(11-16)26-14-18(23)21-7-2-3-8-21/h4-6,11,15H,2-3,7-10,12-14H2,1H3,(H,20,24)/t15-/m0/s1. The average molecular weight is 361 g/mol. The lowest BCUT2D eigenvalue weighted by Crippen LogP contribution is -2.38. The number of urea groups is 1. The van der Waals surface area contributed by atoms with Crippen LogP contribution < -0.4 is 10.1 Å². The number of ether oxygens (including phenoxy) is 2. The van der Waals surface area contributed by atoms with Gasteiger partial charge in [0.05, 0.1) is 13.2 Å². The summed E-state index contributed by atoms with van der Waals surface area (Å²) in [7, 11) is 0. The second-order valence-corrected chi connectivity index (χ2v) is 6.96. The summed E-state index contributed by atoms with van der Waals surface area (Å²) < 4.78 is 11.1. The van der Waals surface area contributed by atoms with Gasteiger partial charge in [-0.25, -0.2) is 4.79 Å². The Kier molecular flexibility index (Phi) is 6.33. The molecule has 7 nitrogen and oxygen atoms in total. The third kappa shape index (κ3) is 5.11. The van der Waals surface area contributed by atoms with Crippen molar-refractivity contribution >= 4 is 17.6 Å². The summed E-state index contributed by atoms with van der Waals surface area (Å²) in [5.74, 6) is 0.896. The first-order chi connectivity index (χ1) is 12.6. The van der Waals surface area contributed by atoms with E-state index >= 15 is 0 Å². The summed E-state index contributed by atoms with van der Waals surface area (Å²) >= 11 is 0. The van der Waals surface area contributed by atoms with Crippen LogP contribution in [0.2, 0.25) is 0 Å². The molecule has 3 amide bonds. The van der Waals surface area contributed by atoms with Crippen molar-refractivity contribution in [2.75, 3.05) is 51.3 Å². The van der Waals surface area contributed by atoms with E-state index in [4.69, 9.17) is 9.47 Å². The number of carbonyl (C=O) groups excluding carboxylic acids is 2. The van der Waals surface area contributed by atoms with Gasteiger partial charge in [0, 0.05) is 37.9 Å². The van der Waals surface area contributed by atoms with E-state index in [-0.39, 0.29) is 18.5 Å². The van der Waals surface area contributed by atoms with Gasteiger partial charge in [-0.1, -0.05) is 13.0 Å². The van der Waals surface area contributed by atoms with Crippen molar-refractivity contribution in [3.63, 3.8) is 0 Å². The zero-order chi connectivity index (χ0) is 18.4. The molecule has 2 aliphatic heterocycles. The van der Waals surface area contributed by atoms with Gasteiger partial charge in [-0.3, -0.25) is 4.79 Å². The maximum Gasteiger partial charge on any atom is 0.321 e. The summed E-state index contributed by atoms with van der Waals surface area (Å²) in [6.07, 6.45) is 2.13. The molecule has 3 rings (SSSR count). The molecule has 1 N–H and O–H groups in total. The highest BCUT2D eigenvalue weighted by Gasteiger charge is 2.20. The Morgan fingerprint density at radius 3 is 2.85 bits per heavy atom. The monoisotopic (exact) mass is 361 g/mol. The zero-order valence-electron chi connectivity index (χ0n) is 15.3. The first-order valence-electron chi connectivity index (χ1n) is 9.26. The predicted molar refractivity (Wildman–Crippen MR) is 98.3 cm³/mol. The summed E-state index contributed by atoms with van der Waals surface area (Å²) in [6.45, 7) is 6.21. The van der Waals surface area contributed by atoms with Crippen LogP contribution in [0.1, 0.15) is 19.8 Å². The molecule has 26 heavy (non-hydrogen) atoms. The summed E-state index contributed by atoms with van der Waals surface area (Å²) in [5, 5.41) is 2.90. The highest BCUT2D eigenvalue weighted by atomic mass is 16.5. The van der Waals surface area contributed by atoms with Crippen molar-refractivity contribution in [1.82, 2.24) is 9.80 Å². The van der Waals surface area contributed by atoms with E-state index in [9.17, 15) is 9.59 Å². The van der Waals surface area contributed by atoms with Crippen molar-refractivity contribution in [1.29, 1.82) is 0 Å². The predicted octanol–water partition coefficient (Wildman–Crippen LogP) is 2.19. The number of benzene rings is 1. The van der Waals surface area contributed by atoms with Crippen molar-refractivity contribution in [2.45, 2.75) is 19.8 Å². The van der Waals surface area contributed by atoms with Crippen LogP contribution in [0.3, 0.4) is 0 Å². The maximum absolute atomic E-state index is 12.5. The van der Waals surface area contributed by atoms with Crippen molar-refractivity contribution < 1.29 is 19.1 Å². The quantitative estimate of drug-likeness (QED) is 0.892. The number of nitrogens with one attached hydrogen (secondary N) is 1. The number of likely N-dealkylation sites (tertiary alicyclic amines) is 1. The molecule has 0 aliphatic carbocycles. The summed E-state index contributed by atoms with van der Waals surface area (Å²) in [5.41, 5.74) is 0.652. The van der Waals surface area contributed by atoms with Gasteiger partial charge in [-0.05, 0) is 30.9 Å². The lowest BCUT2D eigenvalue weighted by Gasteiger charge is -2.22. The van der Waals surface area contributed by atoms with Gasteiger partial charge < -0.3 is 24.6 Å². The zero-order valence-corrected chi connectivity index (χ0v) is 15.3. The fourth-order valence-electron chi connectivity index (χ4n) is 3.23. The molecule has 2 saturated heterocycles. The minimum absolute atomic E-state index is 0.00972. The molecule has 2 heterocycles. The van der Waals surface area contributed by atoms with Gasteiger partial charge in [0.1, 0.15) is 5.75 Å². The third-order valence-electron chi connectivity index (χ3n) is 4.63. The normalized spacial score (nSPS) is 20.6. The van der Waals surface area contributed by atoms with E-state index in [1.54, 1.807) is 23.1 Å². The number of rotatable bonds is 4. The number of hydrogen-bond acceptors (Lipinski definition) is 4. The highest BCUT2D eigenvalue weighted by molar-refractivity contribution is 5.89. The van der Waals surface area contributed by atoms with E-state index < -0.39 is 0 Å². The fraction of sp³-hybridized carbons (Fsp3) is 0.579. The van der Waals surface area contributed by atoms with Crippen LogP contribution in [0, 0.1) is 5.92 Å². The van der Waals surface area contributed by atoms with Crippen LogP contribution in [0.4, 0.5) is 10.5 Å². The molecular formula is C19H27N3O4. The largest absolute Gasteiger partial charge is 0.484 e. The molecule has 2 aliphatic rings. The smallest absolute Gasteiger partial charge is 0.321 e. The molecule has 2 fully saturated rings. The van der Waals surface area contributed by atoms with E-state index in [0.717, 1.165) is 25.9 Å².